The predicted molar refractivity (Wildman–Crippen MR) is 121 cm³/mol. The largest absolute Gasteiger partial charge is 0.458 e. The second kappa shape index (κ2) is 7.97. The van der Waals surface area contributed by atoms with Gasteiger partial charge in [-0.05, 0) is 43.5 Å². The highest BCUT2D eigenvalue weighted by Gasteiger charge is 2.45. The van der Waals surface area contributed by atoms with E-state index in [1.165, 1.54) is 10.6 Å². The molecule has 2 atom stereocenters. The third-order valence-corrected chi connectivity index (χ3v) is 6.88. The van der Waals surface area contributed by atoms with Crippen LogP contribution in [0.25, 0.3) is 22.3 Å². The first-order chi connectivity index (χ1) is 16.2. The van der Waals surface area contributed by atoms with Crippen molar-refractivity contribution in [2.45, 2.75) is 52.0 Å². The Balaban J connectivity index is 1.81. The molecule has 2 aromatic heterocycles. The van der Waals surface area contributed by atoms with Crippen LogP contribution >= 0.6 is 0 Å². The first kappa shape index (κ1) is 22.6. The first-order valence-corrected chi connectivity index (χ1v) is 11.2. The van der Waals surface area contributed by atoms with Crippen molar-refractivity contribution in [1.82, 2.24) is 9.55 Å². The van der Waals surface area contributed by atoms with E-state index in [0.29, 0.717) is 27.9 Å². The molecule has 0 unspecified atom stereocenters. The number of carbonyl (C=O) groups is 1. The average molecular weight is 468 g/mol. The molecule has 34 heavy (non-hydrogen) atoms. The molecule has 0 spiro atoms. The lowest BCUT2D eigenvalue weighted by Crippen LogP contribution is -2.44. The number of fused-ring (bicyclic) bond motifs is 5. The standard InChI is InChI=1S/C25H25FN2O6/c1-4-25(32)17-8-20-22-15(10-28(20)23(30)16(17)11-34-24(25)31)21(13(3)33-6-5-29)14-7-12(2)18(26)9-19(14)27-22/h7-9,13,29,32H,4-6,10-11H2,1-3H3/t13-,25+/m1/s1. The van der Waals surface area contributed by atoms with Crippen LogP contribution in [0.5, 0.6) is 0 Å². The number of halogens is 1. The summed E-state index contributed by atoms with van der Waals surface area (Å²) in [6.45, 7) is 5.10. The number of aryl methyl sites for hydroxylation is 1. The Morgan fingerprint density at radius 2 is 2.06 bits per heavy atom. The van der Waals surface area contributed by atoms with Gasteiger partial charge in [-0.1, -0.05) is 6.92 Å². The van der Waals surface area contributed by atoms with E-state index in [-0.39, 0.29) is 49.5 Å². The molecular weight excluding hydrogens is 443 g/mol. The molecule has 3 aromatic rings. The van der Waals surface area contributed by atoms with Crippen LogP contribution in [0.3, 0.4) is 0 Å². The fraction of sp³-hybridized carbons (Fsp3) is 0.400. The number of esters is 1. The molecule has 0 radical (unpaired) electrons. The minimum absolute atomic E-state index is 0.0432. The van der Waals surface area contributed by atoms with Gasteiger partial charge in [0.25, 0.3) is 5.56 Å². The highest BCUT2D eigenvalue weighted by molar-refractivity contribution is 5.90. The molecule has 2 aliphatic rings. The normalized spacial score (nSPS) is 19.5. The number of hydrogen-bond donors (Lipinski definition) is 2. The molecule has 0 amide bonds. The average Bonchev–Trinajstić information content (AvgIpc) is 3.18. The highest BCUT2D eigenvalue weighted by atomic mass is 19.1. The molecule has 9 heteroatoms. The van der Waals surface area contributed by atoms with Gasteiger partial charge < -0.3 is 24.3 Å². The van der Waals surface area contributed by atoms with Gasteiger partial charge in [-0.15, -0.1) is 0 Å². The van der Waals surface area contributed by atoms with E-state index in [9.17, 15) is 24.2 Å². The van der Waals surface area contributed by atoms with Crippen LogP contribution in [0.15, 0.2) is 23.0 Å². The quantitative estimate of drug-likeness (QED) is 0.433. The van der Waals surface area contributed by atoms with Gasteiger partial charge in [-0.25, -0.2) is 14.2 Å². The van der Waals surface area contributed by atoms with Gasteiger partial charge in [0, 0.05) is 22.6 Å². The summed E-state index contributed by atoms with van der Waals surface area (Å²) in [5.74, 6) is -1.19. The number of pyridine rings is 2. The zero-order valence-corrected chi connectivity index (χ0v) is 19.1. The van der Waals surface area contributed by atoms with Gasteiger partial charge in [-0.3, -0.25) is 4.79 Å². The molecule has 1 aromatic carbocycles. The maximum absolute atomic E-state index is 14.5. The second-order valence-electron chi connectivity index (χ2n) is 8.81. The zero-order chi connectivity index (χ0) is 24.4. The molecule has 0 aliphatic carbocycles. The van der Waals surface area contributed by atoms with Crippen LogP contribution in [-0.4, -0.2) is 38.9 Å². The molecule has 5 rings (SSSR count). The molecule has 2 N–H and O–H groups in total. The molecule has 8 nitrogen and oxygen atoms in total. The van der Waals surface area contributed by atoms with Crippen LogP contribution in [0, 0.1) is 12.7 Å². The van der Waals surface area contributed by atoms with Gasteiger partial charge in [-0.2, -0.15) is 0 Å². The topological polar surface area (TPSA) is 111 Å². The van der Waals surface area contributed by atoms with E-state index < -0.39 is 23.5 Å². The van der Waals surface area contributed by atoms with E-state index >= 15 is 0 Å². The maximum atomic E-state index is 14.5. The summed E-state index contributed by atoms with van der Waals surface area (Å²) in [6.07, 6.45) is -0.421. The summed E-state index contributed by atoms with van der Waals surface area (Å²) in [5.41, 5.74) is 1.44. The number of benzene rings is 1. The minimum atomic E-state index is -1.93. The summed E-state index contributed by atoms with van der Waals surface area (Å²) >= 11 is 0. The van der Waals surface area contributed by atoms with Gasteiger partial charge in [0.05, 0.1) is 48.3 Å². The zero-order valence-electron chi connectivity index (χ0n) is 19.1. The predicted octanol–water partition coefficient (Wildman–Crippen LogP) is 2.60. The van der Waals surface area contributed by atoms with Crippen molar-refractivity contribution in [3.63, 3.8) is 0 Å². The summed E-state index contributed by atoms with van der Waals surface area (Å²) in [4.78, 5) is 30.5. The fourth-order valence-corrected chi connectivity index (χ4v) is 5.02. The molecule has 2 aliphatic heterocycles. The minimum Gasteiger partial charge on any atom is -0.458 e. The van der Waals surface area contributed by atoms with Crippen molar-refractivity contribution >= 4 is 16.9 Å². The first-order valence-electron chi connectivity index (χ1n) is 11.2. The lowest BCUT2D eigenvalue weighted by atomic mass is 9.86. The van der Waals surface area contributed by atoms with Gasteiger partial charge in [0.1, 0.15) is 12.4 Å². The lowest BCUT2D eigenvalue weighted by Gasteiger charge is -2.31. The van der Waals surface area contributed by atoms with Crippen LogP contribution in [0.2, 0.25) is 0 Å². The van der Waals surface area contributed by atoms with E-state index in [1.807, 2.05) is 6.92 Å². The summed E-state index contributed by atoms with van der Waals surface area (Å²) in [7, 11) is 0. The van der Waals surface area contributed by atoms with Crippen molar-refractivity contribution in [2.75, 3.05) is 13.2 Å². The third kappa shape index (κ3) is 3.11. The van der Waals surface area contributed by atoms with E-state index in [1.54, 1.807) is 26.0 Å². The number of aromatic nitrogens is 2. The molecule has 0 fully saturated rings. The van der Waals surface area contributed by atoms with Gasteiger partial charge in [0.2, 0.25) is 0 Å². The maximum Gasteiger partial charge on any atom is 0.343 e. The molecular formula is C25H25FN2O6. The number of aliphatic hydroxyl groups excluding tert-OH is 1. The van der Waals surface area contributed by atoms with Crippen LogP contribution < -0.4 is 5.56 Å². The molecule has 0 saturated carbocycles. The third-order valence-electron chi connectivity index (χ3n) is 6.88. The van der Waals surface area contributed by atoms with E-state index in [2.05, 4.69) is 0 Å². The Bertz CT molecular complexity index is 1420. The van der Waals surface area contributed by atoms with E-state index in [0.717, 1.165) is 11.1 Å². The number of carbonyl (C=O) groups excluding carboxylic acids is 1. The van der Waals surface area contributed by atoms with Gasteiger partial charge in [0.15, 0.2) is 5.60 Å². The molecule has 0 saturated heterocycles. The number of nitrogens with zero attached hydrogens (tertiary/aromatic N) is 2. The molecule has 178 valence electrons. The Hall–Kier alpha value is -3.14. The number of hydrogen-bond acceptors (Lipinski definition) is 7. The second-order valence-corrected chi connectivity index (χ2v) is 8.81. The van der Waals surface area contributed by atoms with Crippen LogP contribution in [0.4, 0.5) is 4.39 Å². The van der Waals surface area contributed by atoms with Gasteiger partial charge >= 0.3 is 5.97 Å². The lowest BCUT2D eigenvalue weighted by molar-refractivity contribution is -0.172. The summed E-state index contributed by atoms with van der Waals surface area (Å²) in [5, 5.41) is 21.0. The molecule has 4 heterocycles. The summed E-state index contributed by atoms with van der Waals surface area (Å²) < 4.78 is 26.9. The number of rotatable bonds is 5. The number of aliphatic hydroxyl groups is 2. The van der Waals surface area contributed by atoms with Crippen LogP contribution in [-0.2, 0) is 33.0 Å². The summed E-state index contributed by atoms with van der Waals surface area (Å²) in [6, 6.07) is 4.69. The van der Waals surface area contributed by atoms with Crippen molar-refractivity contribution in [3.05, 3.63) is 62.2 Å². The van der Waals surface area contributed by atoms with Crippen LogP contribution in [0.1, 0.15) is 54.2 Å². The number of ether oxygens (including phenoxy) is 2. The van der Waals surface area contributed by atoms with E-state index in [4.69, 9.17) is 14.5 Å². The Morgan fingerprint density at radius 1 is 1.29 bits per heavy atom. The number of cyclic esters (lactones) is 1. The molecule has 0 bridgehead atoms. The van der Waals surface area contributed by atoms with Crippen molar-refractivity contribution in [3.8, 4) is 11.4 Å². The Morgan fingerprint density at radius 3 is 2.76 bits per heavy atom. The van der Waals surface area contributed by atoms with Crippen molar-refractivity contribution < 1.29 is 28.9 Å². The smallest absolute Gasteiger partial charge is 0.343 e. The monoisotopic (exact) mass is 468 g/mol. The Kier molecular flexibility index (Phi) is 5.31. The Labute approximate surface area is 194 Å². The fourth-order valence-electron chi connectivity index (χ4n) is 5.02. The SMILES string of the molecule is CC[C@@]1(O)C(=O)OCc2c1cc1n(c2=O)Cc2c-1nc1cc(F)c(C)cc1c2[C@@H](C)OCCO. The van der Waals surface area contributed by atoms with Crippen molar-refractivity contribution in [1.29, 1.82) is 0 Å². The van der Waals surface area contributed by atoms with Crippen molar-refractivity contribution in [2.24, 2.45) is 0 Å². The highest BCUT2D eigenvalue weighted by Crippen LogP contribution is 2.42.